The Balaban J connectivity index is 2.66. The molecular formula is C13H12F4. The van der Waals surface area contributed by atoms with Crippen molar-refractivity contribution in [2.45, 2.75) is 31.6 Å². The highest BCUT2D eigenvalue weighted by Crippen LogP contribution is 2.38. The largest absolute Gasteiger partial charge is 0.204 e. The molecule has 0 bridgehead atoms. The first kappa shape index (κ1) is 12.1. The summed E-state index contributed by atoms with van der Waals surface area (Å²) >= 11 is 0. The van der Waals surface area contributed by atoms with E-state index in [2.05, 4.69) is 0 Å². The summed E-state index contributed by atoms with van der Waals surface area (Å²) < 4.78 is 53.6. The maximum atomic E-state index is 13.7. The topological polar surface area (TPSA) is 0 Å². The lowest BCUT2D eigenvalue weighted by Crippen LogP contribution is -2.25. The molecule has 0 aromatic heterocycles. The molecule has 4 heteroatoms. The average Bonchev–Trinajstić information content (AvgIpc) is 2.27. The van der Waals surface area contributed by atoms with Crippen molar-refractivity contribution < 1.29 is 17.6 Å². The van der Waals surface area contributed by atoms with Gasteiger partial charge in [0.05, 0.1) is 0 Å². The van der Waals surface area contributed by atoms with Gasteiger partial charge in [0.15, 0.2) is 23.3 Å². The predicted octanol–water partition coefficient (Wildman–Crippen LogP) is 4.24. The highest BCUT2D eigenvalue weighted by Gasteiger charge is 2.34. The van der Waals surface area contributed by atoms with Crippen LogP contribution in [0.15, 0.2) is 18.2 Å². The molecule has 0 spiro atoms. The Bertz CT molecular complexity index is 453. The molecule has 0 unspecified atom stereocenters. The van der Waals surface area contributed by atoms with Crippen LogP contribution in [0, 0.1) is 23.3 Å². The summed E-state index contributed by atoms with van der Waals surface area (Å²) in [6.45, 7) is 1.59. The van der Waals surface area contributed by atoms with Crippen LogP contribution >= 0.6 is 0 Å². The Labute approximate surface area is 97.0 Å². The lowest BCUT2D eigenvalue weighted by atomic mass is 9.74. The summed E-state index contributed by atoms with van der Waals surface area (Å²) in [5.74, 6) is -5.28. The van der Waals surface area contributed by atoms with E-state index >= 15 is 0 Å². The summed E-state index contributed by atoms with van der Waals surface area (Å²) in [5, 5.41) is 0. The molecule has 1 atom stereocenters. The third-order valence-corrected chi connectivity index (χ3v) is 3.24. The van der Waals surface area contributed by atoms with Crippen LogP contribution in [0.5, 0.6) is 0 Å². The molecule has 17 heavy (non-hydrogen) atoms. The molecule has 0 amide bonds. The SMILES string of the molecule is C[C@]1(c2c(F)c(F)cc(F)c2F)C=CCCC1. The van der Waals surface area contributed by atoms with Crippen molar-refractivity contribution in [3.8, 4) is 0 Å². The molecule has 1 aromatic rings. The van der Waals surface area contributed by atoms with Crippen molar-refractivity contribution in [1.29, 1.82) is 0 Å². The van der Waals surface area contributed by atoms with Gasteiger partial charge in [0, 0.05) is 17.0 Å². The van der Waals surface area contributed by atoms with Gasteiger partial charge in [-0.05, 0) is 19.3 Å². The van der Waals surface area contributed by atoms with Crippen LogP contribution in [-0.4, -0.2) is 0 Å². The van der Waals surface area contributed by atoms with E-state index in [1.54, 1.807) is 19.1 Å². The van der Waals surface area contributed by atoms with E-state index in [4.69, 9.17) is 0 Å². The third-order valence-electron chi connectivity index (χ3n) is 3.24. The molecule has 2 rings (SSSR count). The molecule has 0 aliphatic heterocycles. The number of rotatable bonds is 1. The Morgan fingerprint density at radius 3 is 2.12 bits per heavy atom. The van der Waals surface area contributed by atoms with E-state index in [0.717, 1.165) is 12.8 Å². The maximum Gasteiger partial charge on any atom is 0.166 e. The fourth-order valence-electron chi connectivity index (χ4n) is 2.30. The molecule has 1 aliphatic rings. The Morgan fingerprint density at radius 2 is 1.65 bits per heavy atom. The van der Waals surface area contributed by atoms with Crippen LogP contribution in [0.4, 0.5) is 17.6 Å². The molecule has 0 N–H and O–H groups in total. The first-order valence-corrected chi connectivity index (χ1v) is 5.47. The Morgan fingerprint density at radius 1 is 1.06 bits per heavy atom. The van der Waals surface area contributed by atoms with E-state index in [1.165, 1.54) is 0 Å². The summed E-state index contributed by atoms with van der Waals surface area (Å²) in [6.07, 6.45) is 5.43. The van der Waals surface area contributed by atoms with Crippen molar-refractivity contribution >= 4 is 0 Å². The van der Waals surface area contributed by atoms with Crippen LogP contribution in [0.1, 0.15) is 31.7 Å². The van der Waals surface area contributed by atoms with Crippen LogP contribution < -0.4 is 0 Å². The van der Waals surface area contributed by atoms with Gasteiger partial charge in [-0.15, -0.1) is 0 Å². The fourth-order valence-corrected chi connectivity index (χ4v) is 2.30. The summed E-state index contributed by atoms with van der Waals surface area (Å²) in [6, 6.07) is 0.240. The number of halogens is 4. The molecular weight excluding hydrogens is 232 g/mol. The number of allylic oxidation sites excluding steroid dienone is 2. The molecule has 0 nitrogen and oxygen atoms in total. The Hall–Kier alpha value is -1.32. The average molecular weight is 244 g/mol. The van der Waals surface area contributed by atoms with Crippen LogP contribution in [0.2, 0.25) is 0 Å². The van der Waals surface area contributed by atoms with Gasteiger partial charge < -0.3 is 0 Å². The van der Waals surface area contributed by atoms with Gasteiger partial charge in [0.2, 0.25) is 0 Å². The molecule has 0 heterocycles. The monoisotopic (exact) mass is 244 g/mol. The van der Waals surface area contributed by atoms with Crippen LogP contribution in [-0.2, 0) is 5.41 Å². The Kier molecular flexibility index (Phi) is 2.98. The number of benzene rings is 1. The molecule has 0 saturated heterocycles. The van der Waals surface area contributed by atoms with E-state index in [9.17, 15) is 17.6 Å². The maximum absolute atomic E-state index is 13.7. The second-order valence-electron chi connectivity index (χ2n) is 4.56. The minimum atomic E-state index is -1.35. The summed E-state index contributed by atoms with van der Waals surface area (Å²) in [4.78, 5) is 0. The predicted molar refractivity (Wildman–Crippen MR) is 56.6 cm³/mol. The fraction of sp³-hybridized carbons (Fsp3) is 0.385. The summed E-state index contributed by atoms with van der Waals surface area (Å²) in [7, 11) is 0. The number of hydrogen-bond acceptors (Lipinski definition) is 0. The molecule has 1 aromatic carbocycles. The minimum absolute atomic E-state index is 0.240. The molecule has 1 aliphatic carbocycles. The number of hydrogen-bond donors (Lipinski definition) is 0. The van der Waals surface area contributed by atoms with Crippen molar-refractivity contribution in [1.82, 2.24) is 0 Å². The zero-order chi connectivity index (χ0) is 12.6. The molecule has 0 radical (unpaired) electrons. The van der Waals surface area contributed by atoms with Gasteiger partial charge in [-0.3, -0.25) is 0 Å². The van der Waals surface area contributed by atoms with E-state index in [-0.39, 0.29) is 6.07 Å². The highest BCUT2D eigenvalue weighted by molar-refractivity contribution is 5.35. The van der Waals surface area contributed by atoms with Gasteiger partial charge in [0.25, 0.3) is 0 Å². The van der Waals surface area contributed by atoms with E-state index in [1.807, 2.05) is 0 Å². The first-order chi connectivity index (χ1) is 7.96. The zero-order valence-corrected chi connectivity index (χ0v) is 9.37. The van der Waals surface area contributed by atoms with Gasteiger partial charge in [0.1, 0.15) is 0 Å². The molecule has 0 saturated carbocycles. The normalized spacial score (nSPS) is 24.1. The van der Waals surface area contributed by atoms with Crippen LogP contribution in [0.3, 0.4) is 0 Å². The lowest BCUT2D eigenvalue weighted by molar-refractivity contribution is 0.389. The second kappa shape index (κ2) is 4.17. The van der Waals surface area contributed by atoms with Crippen LogP contribution in [0.25, 0.3) is 0 Å². The molecule has 0 fully saturated rings. The van der Waals surface area contributed by atoms with E-state index < -0.39 is 34.2 Å². The molecule has 92 valence electrons. The van der Waals surface area contributed by atoms with Crippen molar-refractivity contribution in [2.24, 2.45) is 0 Å². The van der Waals surface area contributed by atoms with Crippen molar-refractivity contribution in [3.05, 3.63) is 47.1 Å². The standard InChI is InChI=1S/C13H12F4/c1-13(5-3-2-4-6-13)10-11(16)8(14)7-9(15)12(10)17/h3,5,7H,2,4,6H2,1H3/t13-/m0/s1. The highest BCUT2D eigenvalue weighted by atomic mass is 19.2. The van der Waals surface area contributed by atoms with Gasteiger partial charge in [-0.2, -0.15) is 0 Å². The van der Waals surface area contributed by atoms with Crippen molar-refractivity contribution in [3.63, 3.8) is 0 Å². The van der Waals surface area contributed by atoms with Crippen molar-refractivity contribution in [2.75, 3.05) is 0 Å². The first-order valence-electron chi connectivity index (χ1n) is 5.47. The second-order valence-corrected chi connectivity index (χ2v) is 4.56. The quantitative estimate of drug-likeness (QED) is 0.394. The lowest BCUT2D eigenvalue weighted by Gasteiger charge is -2.30. The van der Waals surface area contributed by atoms with Gasteiger partial charge in [-0.25, -0.2) is 17.6 Å². The van der Waals surface area contributed by atoms with Gasteiger partial charge >= 0.3 is 0 Å². The smallest absolute Gasteiger partial charge is 0.166 e. The minimum Gasteiger partial charge on any atom is -0.204 e. The summed E-state index contributed by atoms with van der Waals surface area (Å²) in [5.41, 5.74) is -1.49. The third kappa shape index (κ3) is 1.96. The zero-order valence-electron chi connectivity index (χ0n) is 9.37. The van der Waals surface area contributed by atoms with E-state index in [0.29, 0.717) is 6.42 Å². The van der Waals surface area contributed by atoms with Gasteiger partial charge in [-0.1, -0.05) is 19.1 Å².